The molecule has 0 saturated carbocycles. The topological polar surface area (TPSA) is 41.6 Å². The molecule has 1 aliphatic heterocycles. The molecule has 2 aliphatic rings. The minimum atomic E-state index is -0.108. The summed E-state index contributed by atoms with van der Waals surface area (Å²) in [4.78, 5) is 18.3. The van der Waals surface area contributed by atoms with Gasteiger partial charge in [0.15, 0.2) is 0 Å². The summed E-state index contributed by atoms with van der Waals surface area (Å²) in [5, 5.41) is 3.17. The molecule has 3 aromatic rings. The van der Waals surface area contributed by atoms with E-state index in [1.165, 1.54) is 46.6 Å². The Morgan fingerprint density at radius 3 is 2.66 bits per heavy atom. The summed E-state index contributed by atoms with van der Waals surface area (Å²) in [5.74, 6) is 0.841. The lowest BCUT2D eigenvalue weighted by molar-refractivity contribution is 0.179. The summed E-state index contributed by atoms with van der Waals surface area (Å²) in [6.45, 7) is 3.33. The Balaban J connectivity index is 1.49. The van der Waals surface area contributed by atoms with Crippen LogP contribution in [0.15, 0.2) is 48.5 Å². The lowest BCUT2D eigenvalue weighted by Gasteiger charge is -2.37. The number of carbonyl (C=O) groups excluding carboxylic acids is 1. The average Bonchev–Trinajstić information content (AvgIpc) is 3.21. The smallest absolute Gasteiger partial charge is 0.318 e. The Morgan fingerprint density at radius 1 is 1.06 bits per heavy atom. The number of hydrogen-bond acceptors (Lipinski definition) is 3. The first-order valence-corrected chi connectivity index (χ1v) is 12.3. The van der Waals surface area contributed by atoms with Crippen LogP contribution < -0.4 is 10.1 Å². The van der Waals surface area contributed by atoms with E-state index in [1.807, 2.05) is 34.4 Å². The van der Waals surface area contributed by atoms with E-state index in [0.29, 0.717) is 6.54 Å². The second-order valence-electron chi connectivity index (χ2n) is 8.79. The van der Waals surface area contributed by atoms with E-state index in [-0.39, 0.29) is 12.1 Å². The number of ether oxygens (including phenoxy) is 1. The standard InChI is InChI=1S/C27H30N2O2S/c1-18-11-13-19(14-12-18)17-28-27(30)29-16-15-21-20-7-4-6-10-24(20)32-26(21)25(29)22-8-3-5-9-23(22)31-2/h3,5,8-9,11-14,25H,4,6-7,10,15-17H2,1-2H3,(H,28,30). The minimum Gasteiger partial charge on any atom is -0.496 e. The number of nitrogens with zero attached hydrogens (tertiary/aromatic N) is 1. The molecule has 2 aromatic carbocycles. The fraction of sp³-hybridized carbons (Fsp3) is 0.370. The van der Waals surface area contributed by atoms with Crippen molar-refractivity contribution >= 4 is 17.4 Å². The molecule has 0 saturated heterocycles. The van der Waals surface area contributed by atoms with Crippen molar-refractivity contribution in [2.45, 2.75) is 51.6 Å². The third-order valence-electron chi connectivity index (χ3n) is 6.73. The highest BCUT2D eigenvalue weighted by molar-refractivity contribution is 7.12. The molecule has 32 heavy (non-hydrogen) atoms. The monoisotopic (exact) mass is 446 g/mol. The quantitative estimate of drug-likeness (QED) is 0.550. The number of thiophene rings is 1. The third-order valence-corrected chi connectivity index (χ3v) is 8.12. The Bertz CT molecular complexity index is 1120. The molecule has 0 fully saturated rings. The maximum absolute atomic E-state index is 13.5. The van der Waals surface area contributed by atoms with Crippen LogP contribution in [-0.4, -0.2) is 24.6 Å². The van der Waals surface area contributed by atoms with Crippen LogP contribution in [0.25, 0.3) is 0 Å². The van der Waals surface area contributed by atoms with Crippen molar-refractivity contribution in [2.75, 3.05) is 13.7 Å². The summed E-state index contributed by atoms with van der Waals surface area (Å²) in [7, 11) is 1.71. The van der Waals surface area contributed by atoms with Gasteiger partial charge in [0.25, 0.3) is 0 Å². The van der Waals surface area contributed by atoms with E-state index in [4.69, 9.17) is 4.74 Å². The van der Waals surface area contributed by atoms with E-state index in [2.05, 4.69) is 42.6 Å². The first-order valence-electron chi connectivity index (χ1n) is 11.5. The number of amides is 2. The Kier molecular flexibility index (Phi) is 5.92. The van der Waals surface area contributed by atoms with Crippen molar-refractivity contribution < 1.29 is 9.53 Å². The Labute approximate surface area is 194 Å². The summed E-state index contributed by atoms with van der Waals surface area (Å²) in [5.41, 5.74) is 6.46. The van der Waals surface area contributed by atoms with Crippen LogP contribution in [0.5, 0.6) is 5.75 Å². The zero-order valence-corrected chi connectivity index (χ0v) is 19.6. The van der Waals surface area contributed by atoms with Crippen LogP contribution in [0.1, 0.15) is 56.5 Å². The second-order valence-corrected chi connectivity index (χ2v) is 9.92. The van der Waals surface area contributed by atoms with Gasteiger partial charge >= 0.3 is 6.03 Å². The SMILES string of the molecule is COc1ccccc1C1c2sc3c(c2CCN1C(=O)NCc1ccc(C)cc1)CCCC3. The van der Waals surface area contributed by atoms with Gasteiger partial charge in [0, 0.05) is 28.4 Å². The largest absolute Gasteiger partial charge is 0.496 e. The summed E-state index contributed by atoms with van der Waals surface area (Å²) in [6.07, 6.45) is 5.83. The fourth-order valence-corrected chi connectivity index (χ4v) is 6.63. The number of carbonyl (C=O) groups is 1. The van der Waals surface area contributed by atoms with Gasteiger partial charge in [-0.15, -0.1) is 11.3 Å². The van der Waals surface area contributed by atoms with Crippen molar-refractivity contribution in [3.63, 3.8) is 0 Å². The maximum atomic E-state index is 13.5. The first kappa shape index (κ1) is 21.1. The summed E-state index contributed by atoms with van der Waals surface area (Å²) < 4.78 is 5.73. The number of benzene rings is 2. The molecule has 5 rings (SSSR count). The van der Waals surface area contributed by atoms with Crippen LogP contribution in [-0.2, 0) is 25.8 Å². The normalized spacial score (nSPS) is 17.4. The molecule has 5 heteroatoms. The van der Waals surface area contributed by atoms with Gasteiger partial charge < -0.3 is 15.0 Å². The molecule has 0 radical (unpaired) electrons. The van der Waals surface area contributed by atoms with Gasteiger partial charge in [-0.05, 0) is 61.8 Å². The molecule has 0 spiro atoms. The number of urea groups is 1. The number of para-hydroxylation sites is 1. The van der Waals surface area contributed by atoms with Crippen molar-refractivity contribution in [2.24, 2.45) is 0 Å². The lowest BCUT2D eigenvalue weighted by Crippen LogP contribution is -2.45. The molecule has 166 valence electrons. The van der Waals surface area contributed by atoms with Gasteiger partial charge in [-0.1, -0.05) is 48.0 Å². The molecule has 0 bridgehead atoms. The van der Waals surface area contributed by atoms with Gasteiger partial charge in [0.1, 0.15) is 5.75 Å². The fourth-order valence-electron chi connectivity index (χ4n) is 5.06. The second kappa shape index (κ2) is 8.99. The molecule has 1 N–H and O–H groups in total. The Hall–Kier alpha value is -2.79. The first-order chi connectivity index (χ1) is 15.7. The average molecular weight is 447 g/mol. The molecule has 1 aromatic heterocycles. The van der Waals surface area contributed by atoms with Crippen LogP contribution in [0.2, 0.25) is 0 Å². The number of hydrogen-bond donors (Lipinski definition) is 1. The van der Waals surface area contributed by atoms with Crippen LogP contribution in [0.4, 0.5) is 4.79 Å². The number of aryl methyl sites for hydroxylation is 2. The molecular weight excluding hydrogens is 416 g/mol. The van der Waals surface area contributed by atoms with Gasteiger partial charge in [-0.3, -0.25) is 0 Å². The maximum Gasteiger partial charge on any atom is 0.318 e. The van der Waals surface area contributed by atoms with Crippen LogP contribution in [0.3, 0.4) is 0 Å². The third kappa shape index (κ3) is 3.90. The van der Waals surface area contributed by atoms with Crippen molar-refractivity contribution in [1.29, 1.82) is 0 Å². The van der Waals surface area contributed by atoms with E-state index >= 15 is 0 Å². The van der Waals surface area contributed by atoms with Crippen LogP contribution in [0, 0.1) is 6.92 Å². The van der Waals surface area contributed by atoms with Gasteiger partial charge in [0.2, 0.25) is 0 Å². The zero-order chi connectivity index (χ0) is 22.1. The minimum absolute atomic E-state index is 0.0153. The summed E-state index contributed by atoms with van der Waals surface area (Å²) >= 11 is 1.92. The van der Waals surface area contributed by atoms with Crippen LogP contribution >= 0.6 is 11.3 Å². The molecule has 4 nitrogen and oxygen atoms in total. The number of methoxy groups -OCH3 is 1. The molecular formula is C27H30N2O2S. The van der Waals surface area contributed by atoms with E-state index < -0.39 is 0 Å². The molecule has 2 amide bonds. The highest BCUT2D eigenvalue weighted by Crippen LogP contribution is 2.46. The van der Waals surface area contributed by atoms with Gasteiger partial charge in [-0.25, -0.2) is 4.79 Å². The van der Waals surface area contributed by atoms with E-state index in [1.54, 1.807) is 12.7 Å². The van der Waals surface area contributed by atoms with Crippen molar-refractivity contribution in [3.8, 4) is 5.75 Å². The molecule has 1 unspecified atom stereocenters. The predicted molar refractivity (Wildman–Crippen MR) is 130 cm³/mol. The van der Waals surface area contributed by atoms with E-state index in [0.717, 1.165) is 29.8 Å². The number of rotatable bonds is 4. The van der Waals surface area contributed by atoms with E-state index in [9.17, 15) is 4.79 Å². The Morgan fingerprint density at radius 2 is 1.84 bits per heavy atom. The van der Waals surface area contributed by atoms with Crippen molar-refractivity contribution in [1.82, 2.24) is 10.2 Å². The molecule has 2 heterocycles. The molecule has 1 aliphatic carbocycles. The van der Waals surface area contributed by atoms with Gasteiger partial charge in [-0.2, -0.15) is 0 Å². The molecule has 1 atom stereocenters. The van der Waals surface area contributed by atoms with Crippen molar-refractivity contribution in [3.05, 3.63) is 86.1 Å². The highest BCUT2D eigenvalue weighted by atomic mass is 32.1. The van der Waals surface area contributed by atoms with Gasteiger partial charge in [0.05, 0.1) is 13.2 Å². The summed E-state index contributed by atoms with van der Waals surface area (Å²) in [6, 6.07) is 16.4. The predicted octanol–water partition coefficient (Wildman–Crippen LogP) is 5.80. The number of nitrogens with one attached hydrogen (secondary N) is 1. The highest BCUT2D eigenvalue weighted by Gasteiger charge is 2.37. The number of fused-ring (bicyclic) bond motifs is 3. The lowest BCUT2D eigenvalue weighted by atomic mass is 9.88. The zero-order valence-electron chi connectivity index (χ0n) is 18.8.